The maximum Gasteiger partial charge on any atom is 0.138 e. The van der Waals surface area contributed by atoms with Crippen molar-refractivity contribution in [2.45, 2.75) is 58.2 Å². The van der Waals surface area contributed by atoms with E-state index in [1.807, 2.05) is 60.3 Å². The van der Waals surface area contributed by atoms with Crippen LogP contribution in [0.5, 0.6) is 5.75 Å². The number of likely N-dealkylation sites (tertiary alicyclic amines) is 1. The standard InChI is InChI=1S/C36H37Cl3N8O/c1-5-48-32-11-10-25(17-29(32)38)42-33-23(19-40)20-41-35-28(33)16-26(18-30(35)39)43-34(22-6-8-24(37)9-7-22)31-21-47(45-44-31)27-12-14-46(15-13-27)36(2,3)4/h6-11,16-18,20-21,27,34,43H,5,12-15H2,1-4H3,(H,41,42)/t34-/m0/s1. The highest BCUT2D eigenvalue weighted by Crippen LogP contribution is 2.38. The average Bonchev–Trinajstić information content (AvgIpc) is 3.56. The third kappa shape index (κ3) is 7.32. The zero-order chi connectivity index (χ0) is 34.0. The van der Waals surface area contributed by atoms with Crippen molar-refractivity contribution in [3.63, 3.8) is 0 Å². The molecule has 2 aromatic heterocycles. The zero-order valence-corrected chi connectivity index (χ0v) is 29.5. The average molecular weight is 704 g/mol. The van der Waals surface area contributed by atoms with Gasteiger partial charge in [0.1, 0.15) is 17.5 Å². The first-order valence-electron chi connectivity index (χ1n) is 15.9. The Bertz CT molecular complexity index is 1960. The van der Waals surface area contributed by atoms with Gasteiger partial charge in [-0.05, 0) is 88.6 Å². The molecule has 12 heteroatoms. The van der Waals surface area contributed by atoms with E-state index in [-0.39, 0.29) is 17.6 Å². The lowest BCUT2D eigenvalue weighted by molar-refractivity contribution is 0.0866. The summed E-state index contributed by atoms with van der Waals surface area (Å²) in [6.45, 7) is 11.2. The highest BCUT2D eigenvalue weighted by molar-refractivity contribution is 6.36. The van der Waals surface area contributed by atoms with Crippen LogP contribution < -0.4 is 15.4 Å². The lowest BCUT2D eigenvalue weighted by atomic mass is 9.98. The molecule has 48 heavy (non-hydrogen) atoms. The van der Waals surface area contributed by atoms with E-state index >= 15 is 0 Å². The number of ether oxygens (including phenoxy) is 1. The Labute approximate surface area is 295 Å². The van der Waals surface area contributed by atoms with E-state index in [4.69, 9.17) is 39.5 Å². The number of anilines is 3. The van der Waals surface area contributed by atoms with Crippen molar-refractivity contribution in [3.8, 4) is 11.8 Å². The fraction of sp³-hybridized carbons (Fsp3) is 0.333. The summed E-state index contributed by atoms with van der Waals surface area (Å²) in [5.74, 6) is 0.583. The Kier molecular flexibility index (Phi) is 10.00. The molecule has 0 spiro atoms. The predicted octanol–water partition coefficient (Wildman–Crippen LogP) is 9.44. The highest BCUT2D eigenvalue weighted by Gasteiger charge is 2.29. The molecule has 248 valence electrons. The van der Waals surface area contributed by atoms with E-state index in [2.05, 4.69) is 57.7 Å². The van der Waals surface area contributed by atoms with Crippen LogP contribution in [0.1, 0.15) is 69.4 Å². The minimum Gasteiger partial charge on any atom is -0.492 e. The quantitative estimate of drug-likeness (QED) is 0.157. The number of fused-ring (bicyclic) bond motifs is 1. The van der Waals surface area contributed by atoms with Gasteiger partial charge in [-0.3, -0.25) is 9.88 Å². The third-order valence-electron chi connectivity index (χ3n) is 8.67. The minimum absolute atomic E-state index is 0.142. The summed E-state index contributed by atoms with van der Waals surface area (Å²) < 4.78 is 7.59. The molecule has 0 aliphatic carbocycles. The molecular formula is C36H37Cl3N8O. The van der Waals surface area contributed by atoms with Gasteiger partial charge in [0, 0.05) is 46.6 Å². The minimum atomic E-state index is -0.368. The first-order valence-corrected chi connectivity index (χ1v) is 17.1. The SMILES string of the molecule is CCOc1ccc(Nc2c(C#N)cnc3c(Cl)cc(N[C@@H](c4ccc(Cl)cc4)c4cn(C5CCN(C(C)(C)C)CC5)nn4)cc23)cc1Cl. The van der Waals surface area contributed by atoms with Crippen LogP contribution in [-0.2, 0) is 0 Å². The molecule has 1 fully saturated rings. The number of halogens is 3. The molecule has 1 aliphatic rings. The molecule has 0 amide bonds. The second kappa shape index (κ2) is 14.2. The van der Waals surface area contributed by atoms with E-state index in [1.54, 1.807) is 12.1 Å². The third-order valence-corrected chi connectivity index (χ3v) is 9.51. The number of nitrogens with one attached hydrogen (secondary N) is 2. The van der Waals surface area contributed by atoms with Crippen LogP contribution in [0.15, 0.2) is 67.0 Å². The van der Waals surface area contributed by atoms with Gasteiger partial charge in [0.15, 0.2) is 0 Å². The van der Waals surface area contributed by atoms with E-state index in [9.17, 15) is 5.26 Å². The fourth-order valence-corrected chi connectivity index (χ4v) is 6.74. The molecule has 1 atom stereocenters. The van der Waals surface area contributed by atoms with Crippen molar-refractivity contribution in [1.82, 2.24) is 24.9 Å². The molecule has 3 heterocycles. The Morgan fingerprint density at radius 3 is 2.40 bits per heavy atom. The summed E-state index contributed by atoms with van der Waals surface area (Å²) in [5.41, 5.74) is 4.73. The van der Waals surface area contributed by atoms with Crippen molar-refractivity contribution in [2.75, 3.05) is 30.3 Å². The molecule has 0 unspecified atom stereocenters. The molecule has 0 saturated carbocycles. The van der Waals surface area contributed by atoms with Crippen LogP contribution in [0, 0.1) is 11.3 Å². The van der Waals surface area contributed by atoms with Gasteiger partial charge in [0.05, 0.1) is 51.7 Å². The second-order valence-electron chi connectivity index (χ2n) is 12.9. The molecule has 0 bridgehead atoms. The topological polar surface area (TPSA) is 104 Å². The maximum absolute atomic E-state index is 10.0. The monoisotopic (exact) mass is 702 g/mol. The van der Waals surface area contributed by atoms with Crippen LogP contribution in [0.2, 0.25) is 15.1 Å². The number of aromatic nitrogens is 4. The number of hydrogen-bond donors (Lipinski definition) is 2. The van der Waals surface area contributed by atoms with Crippen LogP contribution in [-0.4, -0.2) is 50.1 Å². The fourth-order valence-electron chi connectivity index (χ4n) is 6.11. The van der Waals surface area contributed by atoms with Crippen molar-refractivity contribution < 1.29 is 4.74 Å². The number of pyridine rings is 1. The summed E-state index contributed by atoms with van der Waals surface area (Å²) in [6.07, 6.45) is 5.55. The van der Waals surface area contributed by atoms with Crippen molar-refractivity contribution >= 4 is 62.8 Å². The lowest BCUT2D eigenvalue weighted by Crippen LogP contribution is -2.46. The van der Waals surface area contributed by atoms with Crippen molar-refractivity contribution in [2.24, 2.45) is 0 Å². The molecule has 2 N–H and O–H groups in total. The van der Waals surface area contributed by atoms with Crippen molar-refractivity contribution in [1.29, 1.82) is 5.26 Å². The van der Waals surface area contributed by atoms with Gasteiger partial charge in [-0.2, -0.15) is 5.26 Å². The van der Waals surface area contributed by atoms with Gasteiger partial charge in [0.2, 0.25) is 0 Å². The Morgan fingerprint density at radius 2 is 1.73 bits per heavy atom. The highest BCUT2D eigenvalue weighted by atomic mass is 35.5. The number of piperidine rings is 1. The number of hydrogen-bond acceptors (Lipinski definition) is 8. The largest absolute Gasteiger partial charge is 0.492 e. The summed E-state index contributed by atoms with van der Waals surface area (Å²) in [5, 5.41) is 28.5. The molecular weight excluding hydrogens is 667 g/mol. The van der Waals surface area contributed by atoms with Gasteiger partial charge in [0.25, 0.3) is 0 Å². The second-order valence-corrected chi connectivity index (χ2v) is 14.1. The summed E-state index contributed by atoms with van der Waals surface area (Å²) in [7, 11) is 0. The Balaban J connectivity index is 1.35. The smallest absolute Gasteiger partial charge is 0.138 e. The number of rotatable bonds is 9. The predicted molar refractivity (Wildman–Crippen MR) is 194 cm³/mol. The van der Waals surface area contributed by atoms with E-state index in [0.717, 1.165) is 37.2 Å². The number of benzene rings is 3. The van der Waals surface area contributed by atoms with E-state index < -0.39 is 0 Å². The summed E-state index contributed by atoms with van der Waals surface area (Å²) >= 11 is 19.6. The molecule has 3 aromatic carbocycles. The van der Waals surface area contributed by atoms with Gasteiger partial charge in [-0.15, -0.1) is 5.10 Å². The van der Waals surface area contributed by atoms with Crippen molar-refractivity contribution in [3.05, 3.63) is 98.9 Å². The molecule has 5 aromatic rings. The molecule has 9 nitrogen and oxygen atoms in total. The first-order chi connectivity index (χ1) is 23.0. The van der Waals surface area contributed by atoms with Gasteiger partial charge in [-0.25, -0.2) is 4.68 Å². The number of nitriles is 1. The molecule has 1 aliphatic heterocycles. The summed E-state index contributed by atoms with van der Waals surface area (Å²) in [4.78, 5) is 7.04. The van der Waals surface area contributed by atoms with Gasteiger partial charge >= 0.3 is 0 Å². The molecule has 6 rings (SSSR count). The van der Waals surface area contributed by atoms with Crippen LogP contribution >= 0.6 is 34.8 Å². The Morgan fingerprint density at radius 1 is 1.00 bits per heavy atom. The van der Waals surface area contributed by atoms with Crippen LogP contribution in [0.4, 0.5) is 17.1 Å². The zero-order valence-electron chi connectivity index (χ0n) is 27.3. The Hall–Kier alpha value is -4.07. The first kappa shape index (κ1) is 33.8. The lowest BCUT2D eigenvalue weighted by Gasteiger charge is -2.40. The normalized spacial score (nSPS) is 14.9. The van der Waals surface area contributed by atoms with Crippen LogP contribution in [0.3, 0.4) is 0 Å². The van der Waals surface area contributed by atoms with E-state index in [1.165, 1.54) is 6.20 Å². The van der Waals surface area contributed by atoms with E-state index in [0.29, 0.717) is 61.0 Å². The molecule has 0 radical (unpaired) electrons. The van der Waals surface area contributed by atoms with Crippen LogP contribution in [0.25, 0.3) is 10.9 Å². The van der Waals surface area contributed by atoms with Gasteiger partial charge < -0.3 is 15.4 Å². The molecule has 1 saturated heterocycles. The summed E-state index contributed by atoms with van der Waals surface area (Å²) in [6, 6.07) is 19.0. The van der Waals surface area contributed by atoms with Gasteiger partial charge in [-0.1, -0.05) is 52.1 Å². The number of nitrogens with zero attached hydrogens (tertiary/aromatic N) is 6. The maximum atomic E-state index is 10.0.